The molecule has 0 spiro atoms. The quantitative estimate of drug-likeness (QED) is 0.716. The van der Waals surface area contributed by atoms with E-state index in [1.54, 1.807) is 20.8 Å². The molecule has 5 nitrogen and oxygen atoms in total. The zero-order valence-corrected chi connectivity index (χ0v) is 16.9. The van der Waals surface area contributed by atoms with Gasteiger partial charge >= 0.3 is 12.3 Å². The first-order valence-electron chi connectivity index (χ1n) is 8.52. The normalized spacial score (nSPS) is 18.2. The minimum absolute atomic E-state index is 0.0530. The zero-order valence-electron chi connectivity index (χ0n) is 15.3. The van der Waals surface area contributed by atoms with Gasteiger partial charge in [0.1, 0.15) is 5.60 Å². The molecule has 1 fully saturated rings. The maximum absolute atomic E-state index is 12.9. The summed E-state index contributed by atoms with van der Waals surface area (Å²) < 4.78 is 44.3. The van der Waals surface area contributed by atoms with Crippen molar-refractivity contribution in [1.82, 2.24) is 10.2 Å². The molecule has 150 valence electrons. The molecule has 0 radical (unpaired) electrons. The molecule has 1 aromatic rings. The Hall–Kier alpha value is -1.77. The van der Waals surface area contributed by atoms with E-state index in [4.69, 9.17) is 4.74 Å². The highest BCUT2D eigenvalue weighted by atomic mass is 79.9. The number of nitrogens with zero attached hydrogens (tertiary/aromatic N) is 1. The van der Waals surface area contributed by atoms with Crippen LogP contribution in [-0.4, -0.2) is 41.6 Å². The predicted molar refractivity (Wildman–Crippen MR) is 97.4 cm³/mol. The molecule has 9 heteroatoms. The Labute approximate surface area is 164 Å². The molecule has 0 unspecified atom stereocenters. The number of rotatable bonds is 2. The first-order valence-corrected chi connectivity index (χ1v) is 9.31. The fourth-order valence-corrected chi connectivity index (χ4v) is 3.21. The second kappa shape index (κ2) is 8.08. The molecule has 1 aromatic carbocycles. The molecular formula is C18H22BrF3N2O3. The standard InChI is InChI=1S/C18H22BrF3N2O3/c1-17(2,3)27-16(26)23-12-5-4-8-24(10-12)15(25)13-9-11(18(20,21)22)6-7-14(13)19/h6-7,9,12H,4-5,8,10H2,1-3H3,(H,23,26)/t12-/m0/s1. The number of halogens is 4. The Bertz CT molecular complexity index is 717. The van der Waals surface area contributed by atoms with Crippen molar-refractivity contribution in [3.63, 3.8) is 0 Å². The maximum atomic E-state index is 12.9. The second-order valence-electron chi connectivity index (χ2n) is 7.43. The molecule has 0 aromatic heterocycles. The Balaban J connectivity index is 2.10. The Morgan fingerprint density at radius 3 is 2.52 bits per heavy atom. The molecule has 1 aliphatic rings. The van der Waals surface area contributed by atoms with Crippen molar-refractivity contribution in [2.45, 2.75) is 51.4 Å². The number of alkyl carbamates (subject to hydrolysis) is 1. The first-order chi connectivity index (χ1) is 12.4. The third-order valence-corrected chi connectivity index (χ3v) is 4.65. The highest BCUT2D eigenvalue weighted by Gasteiger charge is 2.33. The van der Waals surface area contributed by atoms with Gasteiger partial charge in [-0.2, -0.15) is 13.2 Å². The number of likely N-dealkylation sites (tertiary alicyclic amines) is 1. The van der Waals surface area contributed by atoms with Crippen molar-refractivity contribution in [3.05, 3.63) is 33.8 Å². The van der Waals surface area contributed by atoms with Gasteiger partial charge in [-0.25, -0.2) is 4.79 Å². The molecule has 1 heterocycles. The van der Waals surface area contributed by atoms with Gasteiger partial charge < -0.3 is 15.0 Å². The van der Waals surface area contributed by atoms with Crippen LogP contribution in [-0.2, 0) is 10.9 Å². The second-order valence-corrected chi connectivity index (χ2v) is 8.28. The fraction of sp³-hybridized carbons (Fsp3) is 0.556. The van der Waals surface area contributed by atoms with Crippen molar-refractivity contribution >= 4 is 27.9 Å². The number of alkyl halides is 3. The summed E-state index contributed by atoms with van der Waals surface area (Å²) in [5.41, 5.74) is -1.57. The summed E-state index contributed by atoms with van der Waals surface area (Å²) in [5, 5.41) is 2.72. The number of benzene rings is 1. The summed E-state index contributed by atoms with van der Waals surface area (Å²) in [6, 6.07) is 2.67. The van der Waals surface area contributed by atoms with Crippen LogP contribution in [0.1, 0.15) is 49.5 Å². The minimum Gasteiger partial charge on any atom is -0.444 e. The van der Waals surface area contributed by atoms with Crippen LogP contribution in [0.15, 0.2) is 22.7 Å². The van der Waals surface area contributed by atoms with Crippen molar-refractivity contribution in [1.29, 1.82) is 0 Å². The highest BCUT2D eigenvalue weighted by Crippen LogP contribution is 2.32. The summed E-state index contributed by atoms with van der Waals surface area (Å²) in [5.74, 6) is -0.510. The molecule has 1 aliphatic heterocycles. The molecule has 0 saturated carbocycles. The van der Waals surface area contributed by atoms with Gasteiger partial charge in [-0.15, -0.1) is 0 Å². The summed E-state index contributed by atoms with van der Waals surface area (Å²) in [6.07, 6.45) is -3.82. The summed E-state index contributed by atoms with van der Waals surface area (Å²) >= 11 is 3.15. The van der Waals surface area contributed by atoms with E-state index in [1.807, 2.05) is 0 Å². The van der Waals surface area contributed by atoms with E-state index in [-0.39, 0.29) is 18.2 Å². The van der Waals surface area contributed by atoms with E-state index in [0.29, 0.717) is 23.9 Å². The van der Waals surface area contributed by atoms with Gasteiger partial charge in [0, 0.05) is 23.6 Å². The number of amides is 2. The highest BCUT2D eigenvalue weighted by molar-refractivity contribution is 9.10. The molecule has 1 N–H and O–H groups in total. The van der Waals surface area contributed by atoms with Gasteiger partial charge in [0.25, 0.3) is 5.91 Å². The van der Waals surface area contributed by atoms with Crippen LogP contribution in [0.4, 0.5) is 18.0 Å². The molecule has 27 heavy (non-hydrogen) atoms. The average Bonchev–Trinajstić information content (AvgIpc) is 2.52. The van der Waals surface area contributed by atoms with Gasteiger partial charge in [-0.1, -0.05) is 0 Å². The van der Waals surface area contributed by atoms with Gasteiger partial charge in [0.15, 0.2) is 0 Å². The lowest BCUT2D eigenvalue weighted by molar-refractivity contribution is -0.137. The molecular weight excluding hydrogens is 429 g/mol. The van der Waals surface area contributed by atoms with Crippen LogP contribution in [0.2, 0.25) is 0 Å². The molecule has 1 atom stereocenters. The van der Waals surface area contributed by atoms with E-state index in [0.717, 1.165) is 12.1 Å². The van der Waals surface area contributed by atoms with Gasteiger partial charge in [0.2, 0.25) is 0 Å². The molecule has 1 saturated heterocycles. The number of carbonyl (C=O) groups is 2. The van der Waals surface area contributed by atoms with E-state index in [9.17, 15) is 22.8 Å². The summed E-state index contributed by atoms with van der Waals surface area (Å²) in [4.78, 5) is 26.1. The number of nitrogens with one attached hydrogen (secondary N) is 1. The third kappa shape index (κ3) is 6.12. The number of piperidine rings is 1. The van der Waals surface area contributed by atoms with Crippen molar-refractivity contribution in [3.8, 4) is 0 Å². The minimum atomic E-state index is -4.53. The lowest BCUT2D eigenvalue weighted by atomic mass is 10.0. The van der Waals surface area contributed by atoms with Crippen LogP contribution in [0.5, 0.6) is 0 Å². The van der Waals surface area contributed by atoms with E-state index in [2.05, 4.69) is 21.2 Å². The van der Waals surface area contributed by atoms with Gasteiger partial charge in [0.05, 0.1) is 11.1 Å². The van der Waals surface area contributed by atoms with Crippen molar-refractivity contribution < 1.29 is 27.5 Å². The lowest BCUT2D eigenvalue weighted by Crippen LogP contribution is -2.50. The first kappa shape index (κ1) is 21.5. The molecule has 0 aliphatic carbocycles. The summed E-state index contributed by atoms with van der Waals surface area (Å²) in [6.45, 7) is 5.85. The van der Waals surface area contributed by atoms with Crippen LogP contribution >= 0.6 is 15.9 Å². The number of carbonyl (C=O) groups excluding carboxylic acids is 2. The van der Waals surface area contributed by atoms with Crippen molar-refractivity contribution in [2.24, 2.45) is 0 Å². The Morgan fingerprint density at radius 1 is 1.26 bits per heavy atom. The number of hydrogen-bond donors (Lipinski definition) is 1. The van der Waals surface area contributed by atoms with Crippen LogP contribution in [0.3, 0.4) is 0 Å². The third-order valence-electron chi connectivity index (χ3n) is 3.95. The van der Waals surface area contributed by atoms with Crippen LogP contribution in [0, 0.1) is 0 Å². The average molecular weight is 451 g/mol. The Kier molecular flexibility index (Phi) is 6.44. The topological polar surface area (TPSA) is 58.6 Å². The fourth-order valence-electron chi connectivity index (χ4n) is 2.79. The molecule has 2 amide bonds. The molecule has 2 rings (SSSR count). The number of ether oxygens (including phenoxy) is 1. The number of hydrogen-bond acceptors (Lipinski definition) is 3. The smallest absolute Gasteiger partial charge is 0.416 e. The van der Waals surface area contributed by atoms with Gasteiger partial charge in [-0.3, -0.25) is 4.79 Å². The SMILES string of the molecule is CC(C)(C)OC(=O)N[C@H]1CCCN(C(=O)c2cc(C(F)(F)F)ccc2Br)C1. The van der Waals surface area contributed by atoms with Crippen molar-refractivity contribution in [2.75, 3.05) is 13.1 Å². The Morgan fingerprint density at radius 2 is 1.93 bits per heavy atom. The van der Waals surface area contributed by atoms with E-state index in [1.165, 1.54) is 11.0 Å². The van der Waals surface area contributed by atoms with E-state index >= 15 is 0 Å². The monoisotopic (exact) mass is 450 g/mol. The summed E-state index contributed by atoms with van der Waals surface area (Å²) in [7, 11) is 0. The maximum Gasteiger partial charge on any atom is 0.416 e. The van der Waals surface area contributed by atoms with Crippen LogP contribution < -0.4 is 5.32 Å². The van der Waals surface area contributed by atoms with Gasteiger partial charge in [-0.05, 0) is 67.7 Å². The van der Waals surface area contributed by atoms with E-state index < -0.39 is 29.3 Å². The predicted octanol–water partition coefficient (Wildman–Crippen LogP) is 4.60. The van der Waals surface area contributed by atoms with Crippen LogP contribution in [0.25, 0.3) is 0 Å². The zero-order chi connectivity index (χ0) is 20.4. The lowest BCUT2D eigenvalue weighted by Gasteiger charge is -2.34. The molecule has 0 bridgehead atoms. The largest absolute Gasteiger partial charge is 0.444 e.